The maximum atomic E-state index is 13.5. The maximum absolute atomic E-state index is 13.5. The van der Waals surface area contributed by atoms with Crippen LogP contribution >= 0.6 is 0 Å². The van der Waals surface area contributed by atoms with Crippen LogP contribution in [0.15, 0.2) is 39.9 Å². The number of nitrogens with zero attached hydrogens (tertiary/aromatic N) is 6. The molecule has 0 aliphatic rings. The van der Waals surface area contributed by atoms with Crippen LogP contribution in [0.4, 0.5) is 0 Å². The van der Waals surface area contributed by atoms with E-state index in [1.54, 1.807) is 23.4 Å². The normalized spacial score (nSPS) is 11.5. The number of fused-ring (bicyclic) bond motifs is 1. The van der Waals surface area contributed by atoms with E-state index in [-0.39, 0.29) is 17.8 Å². The van der Waals surface area contributed by atoms with Crippen molar-refractivity contribution in [1.82, 2.24) is 28.5 Å². The van der Waals surface area contributed by atoms with Crippen LogP contribution in [0.3, 0.4) is 0 Å². The molecule has 4 aromatic rings. The second-order valence-corrected chi connectivity index (χ2v) is 7.97. The number of rotatable bonds is 7. The Morgan fingerprint density at radius 3 is 2.34 bits per heavy atom. The number of hydrogen-bond acceptors (Lipinski definition) is 5. The van der Waals surface area contributed by atoms with Gasteiger partial charge in [-0.15, -0.1) is 0 Å². The monoisotopic (exact) mass is 436 g/mol. The van der Waals surface area contributed by atoms with Crippen molar-refractivity contribution in [1.29, 1.82) is 0 Å². The largest absolute Gasteiger partial charge is 0.383 e. The summed E-state index contributed by atoms with van der Waals surface area (Å²) in [5.41, 5.74) is 3.92. The van der Waals surface area contributed by atoms with E-state index in [1.165, 1.54) is 9.13 Å². The molecule has 3 aromatic heterocycles. The van der Waals surface area contributed by atoms with Crippen molar-refractivity contribution in [2.24, 2.45) is 7.05 Å². The van der Waals surface area contributed by atoms with Gasteiger partial charge >= 0.3 is 5.69 Å². The van der Waals surface area contributed by atoms with Crippen LogP contribution in [-0.2, 0) is 31.3 Å². The molecule has 0 bridgehead atoms. The highest BCUT2D eigenvalue weighted by atomic mass is 16.5. The van der Waals surface area contributed by atoms with E-state index in [4.69, 9.17) is 4.74 Å². The number of aryl methyl sites for hydroxylation is 3. The molecule has 0 aliphatic carbocycles. The molecule has 0 radical (unpaired) electrons. The molecule has 3 heterocycles. The Morgan fingerprint density at radius 1 is 1.00 bits per heavy atom. The summed E-state index contributed by atoms with van der Waals surface area (Å²) in [6, 6.07) is 9.81. The van der Waals surface area contributed by atoms with E-state index < -0.39 is 0 Å². The predicted octanol–water partition coefficient (Wildman–Crippen LogP) is 1.90. The van der Waals surface area contributed by atoms with Crippen molar-refractivity contribution in [3.05, 3.63) is 73.7 Å². The average Bonchev–Trinajstić information content (AvgIpc) is 3.29. The zero-order valence-corrected chi connectivity index (χ0v) is 19.1. The summed E-state index contributed by atoms with van der Waals surface area (Å²) in [5, 5.41) is 4.62. The van der Waals surface area contributed by atoms with Crippen LogP contribution in [0.25, 0.3) is 17.1 Å². The molecule has 0 saturated carbocycles. The van der Waals surface area contributed by atoms with Crippen molar-refractivity contribution in [2.45, 2.75) is 40.3 Å². The third-order valence-electron chi connectivity index (χ3n) is 6.04. The molecule has 32 heavy (non-hydrogen) atoms. The van der Waals surface area contributed by atoms with Crippen LogP contribution in [0.5, 0.6) is 0 Å². The first-order valence-electron chi connectivity index (χ1n) is 10.6. The molecule has 0 spiro atoms. The van der Waals surface area contributed by atoms with Gasteiger partial charge in [-0.3, -0.25) is 13.9 Å². The standard InChI is InChI=1S/C23H28N6O3/c1-15-16(2)25-29(17(15)3)22-24-20-19(27(22)13-14-32-5)21(30)28(23(31)26(20)4)12-11-18-9-7-6-8-10-18/h6-10H,11-14H2,1-5H3. The highest BCUT2D eigenvalue weighted by molar-refractivity contribution is 5.72. The van der Waals surface area contributed by atoms with Crippen LogP contribution in [0.1, 0.15) is 22.5 Å². The average molecular weight is 437 g/mol. The molecule has 0 atom stereocenters. The highest BCUT2D eigenvalue weighted by Crippen LogP contribution is 2.20. The fourth-order valence-electron chi connectivity index (χ4n) is 3.91. The van der Waals surface area contributed by atoms with E-state index in [1.807, 2.05) is 51.1 Å². The lowest BCUT2D eigenvalue weighted by molar-refractivity contribution is 0.188. The van der Waals surface area contributed by atoms with Crippen LogP contribution in [0.2, 0.25) is 0 Å². The van der Waals surface area contributed by atoms with Gasteiger partial charge in [-0.2, -0.15) is 10.1 Å². The first kappa shape index (κ1) is 21.8. The molecular formula is C23H28N6O3. The molecule has 1 aromatic carbocycles. The maximum Gasteiger partial charge on any atom is 0.332 e. The summed E-state index contributed by atoms with van der Waals surface area (Å²) in [7, 11) is 3.26. The Bertz CT molecular complexity index is 1390. The van der Waals surface area contributed by atoms with Gasteiger partial charge in [0.05, 0.1) is 12.3 Å². The number of methoxy groups -OCH3 is 1. The second kappa shape index (κ2) is 8.58. The Kier molecular flexibility index (Phi) is 5.84. The summed E-state index contributed by atoms with van der Waals surface area (Å²) in [4.78, 5) is 31.3. The lowest BCUT2D eigenvalue weighted by Crippen LogP contribution is -2.40. The van der Waals surface area contributed by atoms with Gasteiger partial charge in [0, 0.05) is 32.9 Å². The molecule has 168 valence electrons. The summed E-state index contributed by atoms with van der Waals surface area (Å²) >= 11 is 0. The Labute approximate surface area is 185 Å². The van der Waals surface area contributed by atoms with Crippen molar-refractivity contribution >= 4 is 11.2 Å². The van der Waals surface area contributed by atoms with Crippen LogP contribution < -0.4 is 11.2 Å². The summed E-state index contributed by atoms with van der Waals surface area (Å²) in [5.74, 6) is 0.499. The van der Waals surface area contributed by atoms with E-state index in [0.29, 0.717) is 36.7 Å². The number of hydrogen-bond donors (Lipinski definition) is 0. The molecule has 9 heteroatoms. The topological polar surface area (TPSA) is 88.9 Å². The van der Waals surface area contributed by atoms with Gasteiger partial charge in [-0.05, 0) is 38.3 Å². The Balaban J connectivity index is 1.93. The molecule has 4 rings (SSSR count). The fraction of sp³-hybridized carbons (Fsp3) is 0.391. The number of ether oxygens (including phenoxy) is 1. The minimum atomic E-state index is -0.383. The molecule has 0 saturated heterocycles. The third-order valence-corrected chi connectivity index (χ3v) is 6.04. The lowest BCUT2D eigenvalue weighted by atomic mass is 10.1. The molecule has 0 N–H and O–H groups in total. The number of imidazole rings is 1. The number of aromatic nitrogens is 6. The SMILES string of the molecule is COCCn1c(-n2nc(C)c(C)c2C)nc2c1c(=O)n(CCc1ccccc1)c(=O)n2C. The first-order valence-corrected chi connectivity index (χ1v) is 10.6. The predicted molar refractivity (Wildman–Crippen MR) is 123 cm³/mol. The second-order valence-electron chi connectivity index (χ2n) is 7.97. The van der Waals surface area contributed by atoms with Crippen LogP contribution in [-0.4, -0.2) is 42.2 Å². The molecule has 0 amide bonds. The highest BCUT2D eigenvalue weighted by Gasteiger charge is 2.23. The van der Waals surface area contributed by atoms with Crippen molar-refractivity contribution in [3.8, 4) is 5.95 Å². The summed E-state index contributed by atoms with van der Waals surface area (Å²) < 4.78 is 11.6. The quantitative estimate of drug-likeness (QED) is 0.441. The summed E-state index contributed by atoms with van der Waals surface area (Å²) in [6.07, 6.45) is 0.581. The van der Waals surface area contributed by atoms with Gasteiger partial charge in [-0.25, -0.2) is 9.48 Å². The van der Waals surface area contributed by atoms with Crippen molar-refractivity contribution in [2.75, 3.05) is 13.7 Å². The minimum absolute atomic E-state index is 0.287. The van der Waals surface area contributed by atoms with Gasteiger partial charge in [0.25, 0.3) is 5.56 Å². The van der Waals surface area contributed by atoms with E-state index >= 15 is 0 Å². The van der Waals surface area contributed by atoms with Crippen molar-refractivity contribution in [3.63, 3.8) is 0 Å². The van der Waals surface area contributed by atoms with Gasteiger partial charge in [0.15, 0.2) is 11.2 Å². The molecule has 9 nitrogen and oxygen atoms in total. The van der Waals surface area contributed by atoms with Crippen molar-refractivity contribution < 1.29 is 4.74 Å². The smallest absolute Gasteiger partial charge is 0.332 e. The van der Waals surface area contributed by atoms with Gasteiger partial charge in [-0.1, -0.05) is 30.3 Å². The van der Waals surface area contributed by atoms with E-state index in [9.17, 15) is 9.59 Å². The Morgan fingerprint density at radius 2 is 1.72 bits per heavy atom. The van der Waals surface area contributed by atoms with E-state index in [0.717, 1.165) is 22.5 Å². The molecule has 0 unspecified atom stereocenters. The lowest BCUT2D eigenvalue weighted by Gasteiger charge is -2.11. The van der Waals surface area contributed by atoms with Crippen LogP contribution in [0, 0.1) is 20.8 Å². The number of benzene rings is 1. The minimum Gasteiger partial charge on any atom is -0.383 e. The van der Waals surface area contributed by atoms with Gasteiger partial charge < -0.3 is 9.30 Å². The molecule has 0 fully saturated rings. The fourth-order valence-corrected chi connectivity index (χ4v) is 3.91. The molecule has 0 aliphatic heterocycles. The van der Waals surface area contributed by atoms with Gasteiger partial charge in [0.2, 0.25) is 5.95 Å². The first-order chi connectivity index (χ1) is 15.3. The molecular weight excluding hydrogens is 408 g/mol. The zero-order valence-electron chi connectivity index (χ0n) is 19.1. The Hall–Kier alpha value is -3.46. The van der Waals surface area contributed by atoms with Gasteiger partial charge in [0.1, 0.15) is 0 Å². The zero-order chi connectivity index (χ0) is 23.0. The van der Waals surface area contributed by atoms with E-state index in [2.05, 4.69) is 10.1 Å². The summed E-state index contributed by atoms with van der Waals surface area (Å²) in [6.45, 7) is 6.99. The third kappa shape index (κ3) is 3.58.